The second-order valence-corrected chi connectivity index (χ2v) is 5.97. The molecule has 1 amide bonds. The van der Waals surface area contributed by atoms with Gasteiger partial charge in [0.15, 0.2) is 0 Å². The van der Waals surface area contributed by atoms with Crippen LogP contribution in [0.15, 0.2) is 0 Å². The summed E-state index contributed by atoms with van der Waals surface area (Å²) >= 11 is 0. The molecule has 0 fully saturated rings. The SMILES string of the molecule is CCCNC(=O)CNc1nc(C(C)(C)C)nc(NN)c1C. The third kappa shape index (κ3) is 4.86. The van der Waals surface area contributed by atoms with E-state index in [0.717, 1.165) is 12.0 Å². The minimum Gasteiger partial charge on any atom is -0.361 e. The molecule has 0 bridgehead atoms. The van der Waals surface area contributed by atoms with Crippen LogP contribution in [0.25, 0.3) is 0 Å². The van der Waals surface area contributed by atoms with E-state index in [4.69, 9.17) is 5.84 Å². The summed E-state index contributed by atoms with van der Waals surface area (Å²) in [4.78, 5) is 20.6. The first-order chi connectivity index (χ1) is 9.79. The first-order valence-electron chi connectivity index (χ1n) is 7.15. The summed E-state index contributed by atoms with van der Waals surface area (Å²) in [6.45, 7) is 10.8. The average Bonchev–Trinajstić information content (AvgIpc) is 2.42. The van der Waals surface area contributed by atoms with Gasteiger partial charge in [0.05, 0.1) is 6.54 Å². The molecule has 0 saturated heterocycles. The Morgan fingerprint density at radius 1 is 1.24 bits per heavy atom. The molecular weight excluding hydrogens is 268 g/mol. The third-order valence-electron chi connectivity index (χ3n) is 2.94. The quantitative estimate of drug-likeness (QED) is 0.466. The smallest absolute Gasteiger partial charge is 0.239 e. The summed E-state index contributed by atoms with van der Waals surface area (Å²) in [5.41, 5.74) is 3.16. The Kier molecular flexibility index (Phi) is 5.90. The number of carbonyl (C=O) groups is 1. The van der Waals surface area contributed by atoms with E-state index in [0.29, 0.717) is 24.0 Å². The van der Waals surface area contributed by atoms with Crippen molar-refractivity contribution >= 4 is 17.5 Å². The maximum Gasteiger partial charge on any atom is 0.239 e. The van der Waals surface area contributed by atoms with Crippen molar-refractivity contribution in [3.63, 3.8) is 0 Å². The van der Waals surface area contributed by atoms with Crippen molar-refractivity contribution in [3.05, 3.63) is 11.4 Å². The number of nitrogens with zero attached hydrogens (tertiary/aromatic N) is 2. The molecule has 21 heavy (non-hydrogen) atoms. The fraction of sp³-hybridized carbons (Fsp3) is 0.643. The van der Waals surface area contributed by atoms with Crippen LogP contribution >= 0.6 is 0 Å². The Bertz CT molecular complexity index is 495. The highest BCUT2D eigenvalue weighted by Crippen LogP contribution is 2.25. The van der Waals surface area contributed by atoms with Gasteiger partial charge in [-0.3, -0.25) is 4.79 Å². The highest BCUT2D eigenvalue weighted by molar-refractivity contribution is 5.80. The predicted molar refractivity (Wildman–Crippen MR) is 85.1 cm³/mol. The zero-order valence-electron chi connectivity index (χ0n) is 13.5. The van der Waals surface area contributed by atoms with Crippen molar-refractivity contribution in [1.82, 2.24) is 15.3 Å². The van der Waals surface area contributed by atoms with Gasteiger partial charge in [0.25, 0.3) is 0 Å². The molecular formula is C14H26N6O. The van der Waals surface area contributed by atoms with Crippen molar-refractivity contribution in [2.24, 2.45) is 5.84 Å². The molecule has 0 spiro atoms. The van der Waals surface area contributed by atoms with E-state index >= 15 is 0 Å². The number of nitrogens with two attached hydrogens (primary N) is 1. The monoisotopic (exact) mass is 294 g/mol. The van der Waals surface area contributed by atoms with E-state index in [9.17, 15) is 4.79 Å². The molecule has 1 heterocycles. The summed E-state index contributed by atoms with van der Waals surface area (Å²) < 4.78 is 0. The van der Waals surface area contributed by atoms with Crippen LogP contribution in [-0.2, 0) is 10.2 Å². The number of hydrogen-bond donors (Lipinski definition) is 4. The Balaban J connectivity index is 2.92. The molecule has 0 radical (unpaired) electrons. The molecule has 7 nitrogen and oxygen atoms in total. The Hall–Kier alpha value is -1.89. The number of hydrazine groups is 1. The van der Waals surface area contributed by atoms with Gasteiger partial charge in [-0.2, -0.15) is 0 Å². The van der Waals surface area contributed by atoms with Crippen molar-refractivity contribution in [2.75, 3.05) is 23.8 Å². The van der Waals surface area contributed by atoms with Gasteiger partial charge in [0.2, 0.25) is 5.91 Å². The molecule has 0 aliphatic rings. The summed E-state index contributed by atoms with van der Waals surface area (Å²) in [5, 5.41) is 5.86. The molecule has 1 rings (SSSR count). The topological polar surface area (TPSA) is 105 Å². The lowest BCUT2D eigenvalue weighted by Crippen LogP contribution is -2.31. The second-order valence-electron chi connectivity index (χ2n) is 5.97. The summed E-state index contributed by atoms with van der Waals surface area (Å²) in [5.74, 6) is 7.29. The van der Waals surface area contributed by atoms with Crippen molar-refractivity contribution in [1.29, 1.82) is 0 Å². The molecule has 1 aromatic heterocycles. The second kappa shape index (κ2) is 7.21. The number of hydrogen-bond acceptors (Lipinski definition) is 6. The molecule has 0 aliphatic heterocycles. The van der Waals surface area contributed by atoms with Gasteiger partial charge < -0.3 is 16.1 Å². The van der Waals surface area contributed by atoms with Crippen LogP contribution in [0.3, 0.4) is 0 Å². The third-order valence-corrected chi connectivity index (χ3v) is 2.94. The molecule has 0 saturated carbocycles. The van der Waals surface area contributed by atoms with Gasteiger partial charge in [0, 0.05) is 17.5 Å². The molecule has 0 aromatic carbocycles. The predicted octanol–water partition coefficient (Wildman–Crippen LogP) is 1.31. The molecule has 5 N–H and O–H groups in total. The summed E-state index contributed by atoms with van der Waals surface area (Å²) in [7, 11) is 0. The molecule has 7 heteroatoms. The van der Waals surface area contributed by atoms with Crippen LogP contribution in [0.2, 0.25) is 0 Å². The highest BCUT2D eigenvalue weighted by atomic mass is 16.1. The van der Waals surface area contributed by atoms with E-state index in [1.54, 1.807) is 0 Å². The lowest BCUT2D eigenvalue weighted by Gasteiger charge is -2.20. The Morgan fingerprint density at radius 2 is 1.86 bits per heavy atom. The largest absolute Gasteiger partial charge is 0.361 e. The first-order valence-corrected chi connectivity index (χ1v) is 7.15. The summed E-state index contributed by atoms with van der Waals surface area (Å²) in [6, 6.07) is 0. The van der Waals surface area contributed by atoms with Crippen molar-refractivity contribution in [2.45, 2.75) is 46.5 Å². The fourth-order valence-electron chi connectivity index (χ4n) is 1.66. The maximum atomic E-state index is 11.7. The van der Waals surface area contributed by atoms with E-state index < -0.39 is 0 Å². The van der Waals surface area contributed by atoms with Gasteiger partial charge in [-0.05, 0) is 13.3 Å². The molecule has 0 unspecified atom stereocenters. The molecule has 1 aromatic rings. The molecule has 118 valence electrons. The number of amides is 1. The highest BCUT2D eigenvalue weighted by Gasteiger charge is 2.21. The van der Waals surface area contributed by atoms with Crippen LogP contribution < -0.4 is 21.9 Å². The summed E-state index contributed by atoms with van der Waals surface area (Å²) in [6.07, 6.45) is 0.910. The molecule has 0 aliphatic carbocycles. The Morgan fingerprint density at radius 3 is 2.38 bits per heavy atom. The number of anilines is 2. The van der Waals surface area contributed by atoms with Gasteiger partial charge >= 0.3 is 0 Å². The van der Waals surface area contributed by atoms with Crippen LogP contribution in [0.1, 0.15) is 45.5 Å². The first kappa shape index (κ1) is 17.2. The van der Waals surface area contributed by atoms with Crippen LogP contribution in [0, 0.1) is 6.92 Å². The van der Waals surface area contributed by atoms with Crippen molar-refractivity contribution in [3.8, 4) is 0 Å². The average molecular weight is 294 g/mol. The van der Waals surface area contributed by atoms with E-state index in [2.05, 4.69) is 26.0 Å². The van der Waals surface area contributed by atoms with Crippen LogP contribution in [0.5, 0.6) is 0 Å². The van der Waals surface area contributed by atoms with Gasteiger partial charge in [-0.1, -0.05) is 27.7 Å². The fourth-order valence-corrected chi connectivity index (χ4v) is 1.66. The van der Waals surface area contributed by atoms with E-state index in [-0.39, 0.29) is 17.9 Å². The van der Waals surface area contributed by atoms with Gasteiger partial charge in [0.1, 0.15) is 17.5 Å². The van der Waals surface area contributed by atoms with Gasteiger partial charge in [-0.15, -0.1) is 0 Å². The zero-order chi connectivity index (χ0) is 16.0. The standard InChI is InChI=1S/C14H26N6O/c1-6-7-16-10(21)8-17-11-9(2)12(20-15)19-13(18-11)14(3,4)5/h6-8,15H2,1-5H3,(H,16,21)(H2,17,18,19,20). The lowest BCUT2D eigenvalue weighted by molar-refractivity contribution is -0.119. The number of nitrogens with one attached hydrogen (secondary N) is 3. The van der Waals surface area contributed by atoms with Crippen LogP contribution in [-0.4, -0.2) is 29.0 Å². The van der Waals surface area contributed by atoms with E-state index in [1.807, 2.05) is 34.6 Å². The molecule has 0 atom stereocenters. The zero-order valence-corrected chi connectivity index (χ0v) is 13.5. The number of aromatic nitrogens is 2. The van der Waals surface area contributed by atoms with Crippen molar-refractivity contribution < 1.29 is 4.79 Å². The normalized spacial score (nSPS) is 11.1. The maximum absolute atomic E-state index is 11.7. The minimum absolute atomic E-state index is 0.0607. The number of rotatable bonds is 6. The number of nitrogen functional groups attached to an aromatic ring is 1. The Labute approximate surface area is 126 Å². The minimum atomic E-state index is -0.208. The van der Waals surface area contributed by atoms with E-state index in [1.165, 1.54) is 0 Å². The van der Waals surface area contributed by atoms with Gasteiger partial charge in [-0.25, -0.2) is 15.8 Å². The lowest BCUT2D eigenvalue weighted by atomic mass is 9.95. The number of carbonyl (C=O) groups excluding carboxylic acids is 1. The van der Waals surface area contributed by atoms with Crippen LogP contribution in [0.4, 0.5) is 11.6 Å².